The molecule has 2 aromatic carbocycles. The number of nitrogens with zero attached hydrogens (tertiary/aromatic N) is 2. The number of carboxylic acids is 1. The number of rotatable bonds is 12. The lowest BCUT2D eigenvalue weighted by Gasteiger charge is -2.26. The van der Waals surface area contributed by atoms with Gasteiger partial charge in [0, 0.05) is 18.9 Å². The third kappa shape index (κ3) is 6.60. The van der Waals surface area contributed by atoms with E-state index in [9.17, 15) is 19.5 Å². The Morgan fingerprint density at radius 3 is 2.29 bits per heavy atom. The highest BCUT2D eigenvalue weighted by molar-refractivity contribution is 5.88. The second kappa shape index (κ2) is 12.6. The smallest absolute Gasteiger partial charge is 0.407 e. The first kappa shape index (κ1) is 25.8. The summed E-state index contributed by atoms with van der Waals surface area (Å²) in [7, 11) is 0. The molecular weight excluding hydrogens is 446 g/mol. The zero-order valence-corrected chi connectivity index (χ0v) is 19.9. The lowest BCUT2D eigenvalue weighted by molar-refractivity contribution is -0.145. The molecule has 1 unspecified atom stereocenters. The van der Waals surface area contributed by atoms with Gasteiger partial charge < -0.3 is 20.1 Å². The lowest BCUT2D eigenvalue weighted by Crippen LogP contribution is -2.50. The number of hydrogen-bond donors (Lipinski definition) is 2. The van der Waals surface area contributed by atoms with E-state index in [0.29, 0.717) is 32.1 Å². The molecule has 8 nitrogen and oxygen atoms in total. The van der Waals surface area contributed by atoms with Crippen molar-refractivity contribution in [1.29, 1.82) is 5.26 Å². The zero-order valence-electron chi connectivity index (χ0n) is 19.9. The van der Waals surface area contributed by atoms with Crippen LogP contribution >= 0.6 is 0 Å². The van der Waals surface area contributed by atoms with Crippen molar-refractivity contribution in [2.24, 2.45) is 0 Å². The fourth-order valence-corrected chi connectivity index (χ4v) is 4.51. The Labute approximate surface area is 205 Å². The number of hydrogen-bond acceptors (Lipinski definition) is 5. The number of nitrogens with one attached hydrogen (secondary N) is 1. The van der Waals surface area contributed by atoms with E-state index in [4.69, 9.17) is 10.00 Å². The first-order valence-electron chi connectivity index (χ1n) is 11.9. The molecule has 2 N–H and O–H groups in total. The molecule has 1 aliphatic rings. The van der Waals surface area contributed by atoms with Gasteiger partial charge in [-0.1, -0.05) is 55.5 Å². The van der Waals surface area contributed by atoms with Crippen LogP contribution in [0.1, 0.15) is 56.1 Å². The van der Waals surface area contributed by atoms with Gasteiger partial charge in [-0.25, -0.2) is 4.79 Å². The van der Waals surface area contributed by atoms with Crippen LogP contribution in [-0.2, 0) is 14.3 Å². The average molecular weight is 478 g/mol. The number of alkyl carbamates (subject to hydrolysis) is 1. The quantitative estimate of drug-likeness (QED) is 0.440. The minimum atomic E-state index is -1.11. The second-order valence-electron chi connectivity index (χ2n) is 8.58. The van der Waals surface area contributed by atoms with Crippen LogP contribution in [0.25, 0.3) is 11.1 Å². The minimum Gasteiger partial charge on any atom is -0.480 e. The number of nitriles is 1. The van der Waals surface area contributed by atoms with Crippen LogP contribution in [-0.4, -0.2) is 53.7 Å². The Balaban J connectivity index is 1.68. The van der Waals surface area contributed by atoms with Gasteiger partial charge in [-0.15, -0.1) is 0 Å². The van der Waals surface area contributed by atoms with E-state index in [-0.39, 0.29) is 19.1 Å². The molecule has 1 aliphatic carbocycles. The highest BCUT2D eigenvalue weighted by atomic mass is 16.5. The molecule has 184 valence electrons. The third-order valence-electron chi connectivity index (χ3n) is 6.10. The van der Waals surface area contributed by atoms with Crippen molar-refractivity contribution >= 4 is 18.0 Å². The van der Waals surface area contributed by atoms with Crippen molar-refractivity contribution in [3.63, 3.8) is 0 Å². The van der Waals surface area contributed by atoms with Crippen molar-refractivity contribution in [3.05, 3.63) is 59.7 Å². The number of carbonyl (C=O) groups excluding carboxylic acids is 2. The van der Waals surface area contributed by atoms with Crippen LogP contribution in [0.4, 0.5) is 4.79 Å². The van der Waals surface area contributed by atoms with Gasteiger partial charge in [0.05, 0.1) is 6.07 Å². The Morgan fingerprint density at radius 2 is 1.71 bits per heavy atom. The molecule has 2 aromatic rings. The molecule has 0 heterocycles. The van der Waals surface area contributed by atoms with Crippen molar-refractivity contribution in [2.75, 3.05) is 19.7 Å². The maximum Gasteiger partial charge on any atom is 0.407 e. The first-order valence-corrected chi connectivity index (χ1v) is 11.9. The molecule has 35 heavy (non-hydrogen) atoms. The summed E-state index contributed by atoms with van der Waals surface area (Å²) in [6.07, 6.45) is 1.63. The molecule has 3 rings (SSSR count). The fourth-order valence-electron chi connectivity index (χ4n) is 4.51. The van der Waals surface area contributed by atoms with Crippen molar-refractivity contribution in [3.8, 4) is 17.2 Å². The van der Waals surface area contributed by atoms with Crippen LogP contribution in [0.2, 0.25) is 0 Å². The summed E-state index contributed by atoms with van der Waals surface area (Å²) in [5.74, 6) is -1.68. The molecule has 0 saturated carbocycles. The van der Waals surface area contributed by atoms with Crippen molar-refractivity contribution in [1.82, 2.24) is 10.2 Å². The molecule has 1 atom stereocenters. The summed E-state index contributed by atoms with van der Waals surface area (Å²) in [6, 6.07) is 17.2. The molecular formula is C27H31N3O5. The van der Waals surface area contributed by atoms with E-state index in [0.717, 1.165) is 22.3 Å². The largest absolute Gasteiger partial charge is 0.480 e. The van der Waals surface area contributed by atoms with E-state index in [1.807, 2.05) is 43.3 Å². The monoisotopic (exact) mass is 477 g/mol. The van der Waals surface area contributed by atoms with E-state index in [1.165, 1.54) is 4.90 Å². The SMILES string of the molecule is CCCN(CC(=O)O)C(=O)C(CCCCC#N)NC(=O)OCC1c2ccccc2-c2ccccc21. The highest BCUT2D eigenvalue weighted by Crippen LogP contribution is 2.44. The molecule has 0 fully saturated rings. The molecule has 8 heteroatoms. The second-order valence-corrected chi connectivity index (χ2v) is 8.58. The molecule has 0 saturated heterocycles. The van der Waals surface area contributed by atoms with E-state index in [2.05, 4.69) is 23.5 Å². The molecule has 0 aromatic heterocycles. The summed E-state index contributed by atoms with van der Waals surface area (Å²) >= 11 is 0. The zero-order chi connectivity index (χ0) is 25.2. The molecule has 0 aliphatic heterocycles. The molecule has 0 bridgehead atoms. The van der Waals surface area contributed by atoms with Crippen LogP contribution in [0, 0.1) is 11.3 Å². The Hall–Kier alpha value is -3.86. The van der Waals surface area contributed by atoms with Gasteiger partial charge in [-0.2, -0.15) is 5.26 Å². The van der Waals surface area contributed by atoms with Gasteiger partial charge in [-0.3, -0.25) is 9.59 Å². The van der Waals surface area contributed by atoms with Gasteiger partial charge in [-0.05, 0) is 47.9 Å². The third-order valence-corrected chi connectivity index (χ3v) is 6.10. The van der Waals surface area contributed by atoms with Crippen LogP contribution in [0.5, 0.6) is 0 Å². The maximum absolute atomic E-state index is 13.1. The predicted molar refractivity (Wildman–Crippen MR) is 131 cm³/mol. The summed E-state index contributed by atoms with van der Waals surface area (Å²) in [6.45, 7) is 1.80. The summed E-state index contributed by atoms with van der Waals surface area (Å²) < 4.78 is 5.58. The first-order chi connectivity index (χ1) is 17.0. The number of carboxylic acid groups (broad SMARTS) is 1. The summed E-state index contributed by atoms with van der Waals surface area (Å²) in [5.41, 5.74) is 4.40. The van der Waals surface area contributed by atoms with Gasteiger partial charge in [0.1, 0.15) is 19.2 Å². The van der Waals surface area contributed by atoms with E-state index >= 15 is 0 Å². The maximum atomic E-state index is 13.1. The number of carbonyl (C=O) groups is 3. The Morgan fingerprint density at radius 1 is 1.09 bits per heavy atom. The standard InChI is InChI=1S/C27H31N3O5/c1-2-16-30(17-25(31)32)26(33)24(14-4-3-9-15-28)29-27(34)35-18-23-21-12-7-5-10-19(21)20-11-6-8-13-22(20)23/h5-8,10-13,23-24H,2-4,9,14,16-18H2,1H3,(H,29,34)(H,31,32). The minimum absolute atomic E-state index is 0.110. The van der Waals surface area contributed by atoms with Crippen molar-refractivity contribution in [2.45, 2.75) is 51.0 Å². The molecule has 0 radical (unpaired) electrons. The Kier molecular flexibility index (Phi) is 9.24. The van der Waals surface area contributed by atoms with Crippen LogP contribution < -0.4 is 5.32 Å². The van der Waals surface area contributed by atoms with Gasteiger partial charge in [0.25, 0.3) is 0 Å². The normalized spacial score (nSPS) is 12.7. The van der Waals surface area contributed by atoms with E-state index in [1.54, 1.807) is 0 Å². The van der Waals surface area contributed by atoms with Crippen molar-refractivity contribution < 1.29 is 24.2 Å². The van der Waals surface area contributed by atoms with Gasteiger partial charge >= 0.3 is 12.1 Å². The number of benzene rings is 2. The predicted octanol–water partition coefficient (Wildman–Crippen LogP) is 4.30. The van der Waals surface area contributed by atoms with Gasteiger partial charge in [0.2, 0.25) is 5.91 Å². The highest BCUT2D eigenvalue weighted by Gasteiger charge is 2.31. The van der Waals surface area contributed by atoms with Crippen LogP contribution in [0.3, 0.4) is 0 Å². The van der Waals surface area contributed by atoms with Gasteiger partial charge in [0.15, 0.2) is 0 Å². The summed E-state index contributed by atoms with van der Waals surface area (Å²) in [5, 5.41) is 20.6. The molecule has 2 amide bonds. The number of ether oxygens (including phenoxy) is 1. The molecule has 0 spiro atoms. The van der Waals surface area contributed by atoms with Crippen LogP contribution in [0.15, 0.2) is 48.5 Å². The topological polar surface area (TPSA) is 120 Å². The lowest BCUT2D eigenvalue weighted by atomic mass is 9.98. The number of aliphatic carboxylic acids is 1. The number of amides is 2. The number of unbranched alkanes of at least 4 members (excludes halogenated alkanes) is 2. The number of fused-ring (bicyclic) bond motifs is 3. The van der Waals surface area contributed by atoms with E-state index < -0.39 is 30.6 Å². The Bertz CT molecular complexity index is 1050. The average Bonchev–Trinajstić information content (AvgIpc) is 3.17. The fraction of sp³-hybridized carbons (Fsp3) is 0.407. The summed E-state index contributed by atoms with van der Waals surface area (Å²) in [4.78, 5) is 38.3.